The molecule has 0 saturated carbocycles. The molecule has 2 N–H and O–H groups in total. The molecule has 3 aliphatic heterocycles. The molecule has 2 saturated heterocycles. The van der Waals surface area contributed by atoms with Crippen LogP contribution in [0, 0.1) is 0 Å². The van der Waals surface area contributed by atoms with Crippen LogP contribution in [0.1, 0.15) is 42.9 Å². The zero-order valence-corrected chi connectivity index (χ0v) is 14.2. The van der Waals surface area contributed by atoms with Gasteiger partial charge in [-0.15, -0.1) is 0 Å². The number of hydrogen-bond donors (Lipinski definition) is 2. The molecule has 0 aliphatic carbocycles. The fraction of sp³-hybridized carbons (Fsp3) is 0.632. The van der Waals surface area contributed by atoms with E-state index < -0.39 is 0 Å². The summed E-state index contributed by atoms with van der Waals surface area (Å²) in [5.41, 5.74) is 2.40. The van der Waals surface area contributed by atoms with Crippen molar-refractivity contribution in [1.29, 1.82) is 0 Å². The van der Waals surface area contributed by atoms with Gasteiger partial charge in [-0.1, -0.05) is 24.3 Å². The van der Waals surface area contributed by atoms with Crippen LogP contribution in [0.3, 0.4) is 0 Å². The molecular formula is C19H27N3O2. The second-order valence-electron chi connectivity index (χ2n) is 7.34. The fourth-order valence-electron chi connectivity index (χ4n) is 4.40. The van der Waals surface area contributed by atoms with Crippen LogP contribution in [0.2, 0.25) is 0 Å². The summed E-state index contributed by atoms with van der Waals surface area (Å²) in [4.78, 5) is 17.5. The third-order valence-electron chi connectivity index (χ3n) is 5.90. The Hall–Kier alpha value is -1.43. The Balaban J connectivity index is 1.34. The van der Waals surface area contributed by atoms with Crippen molar-refractivity contribution in [3.8, 4) is 0 Å². The third-order valence-corrected chi connectivity index (χ3v) is 5.90. The van der Waals surface area contributed by atoms with E-state index in [1.54, 1.807) is 0 Å². The molecule has 5 nitrogen and oxygen atoms in total. The van der Waals surface area contributed by atoms with Gasteiger partial charge in [-0.05, 0) is 36.8 Å². The zero-order valence-electron chi connectivity index (χ0n) is 14.2. The highest BCUT2D eigenvalue weighted by Crippen LogP contribution is 2.28. The number of piperidine rings is 2. The SMILES string of the molecule is O=C([C@H]1NCc2ccccc21)N1CCC(N2CCC(O)CC2)CC1. The molecule has 3 heterocycles. The largest absolute Gasteiger partial charge is 0.393 e. The Morgan fingerprint density at radius 1 is 1.04 bits per heavy atom. The van der Waals surface area contributed by atoms with Crippen molar-refractivity contribution in [2.75, 3.05) is 26.2 Å². The predicted molar refractivity (Wildman–Crippen MR) is 92.4 cm³/mol. The van der Waals surface area contributed by atoms with E-state index in [0.717, 1.165) is 64.0 Å². The molecule has 1 atom stereocenters. The number of benzene rings is 1. The van der Waals surface area contributed by atoms with E-state index in [1.165, 1.54) is 5.56 Å². The van der Waals surface area contributed by atoms with Crippen LogP contribution in [0.5, 0.6) is 0 Å². The van der Waals surface area contributed by atoms with Crippen LogP contribution in [0.25, 0.3) is 0 Å². The molecule has 3 aliphatic rings. The van der Waals surface area contributed by atoms with E-state index in [4.69, 9.17) is 0 Å². The number of nitrogens with zero attached hydrogens (tertiary/aromatic N) is 2. The van der Waals surface area contributed by atoms with Gasteiger partial charge in [0.15, 0.2) is 0 Å². The smallest absolute Gasteiger partial charge is 0.244 e. The van der Waals surface area contributed by atoms with E-state index in [2.05, 4.69) is 22.3 Å². The van der Waals surface area contributed by atoms with E-state index in [1.807, 2.05) is 17.0 Å². The molecule has 24 heavy (non-hydrogen) atoms. The fourth-order valence-corrected chi connectivity index (χ4v) is 4.40. The number of aliphatic hydroxyl groups is 1. The number of nitrogens with one attached hydrogen (secondary N) is 1. The van der Waals surface area contributed by atoms with Gasteiger partial charge in [-0.3, -0.25) is 10.1 Å². The molecule has 5 heteroatoms. The van der Waals surface area contributed by atoms with Crippen molar-refractivity contribution >= 4 is 5.91 Å². The monoisotopic (exact) mass is 329 g/mol. The Bertz CT molecular complexity index is 590. The summed E-state index contributed by atoms with van der Waals surface area (Å²) in [6.45, 7) is 4.49. The molecule has 0 unspecified atom stereocenters. The first kappa shape index (κ1) is 16.1. The van der Waals surface area contributed by atoms with Crippen molar-refractivity contribution in [1.82, 2.24) is 15.1 Å². The van der Waals surface area contributed by atoms with Gasteiger partial charge < -0.3 is 14.9 Å². The Labute approximate surface area is 143 Å². The van der Waals surface area contributed by atoms with E-state index in [-0.39, 0.29) is 18.1 Å². The lowest BCUT2D eigenvalue weighted by molar-refractivity contribution is -0.135. The number of amides is 1. The normalized spacial score (nSPS) is 26.5. The summed E-state index contributed by atoms with van der Waals surface area (Å²) in [5.74, 6) is 0.229. The molecule has 4 rings (SSSR count). The molecule has 2 fully saturated rings. The van der Waals surface area contributed by atoms with Crippen LogP contribution in [0.4, 0.5) is 0 Å². The molecule has 1 amide bonds. The lowest BCUT2D eigenvalue weighted by Crippen LogP contribution is -2.50. The van der Waals surface area contributed by atoms with Crippen molar-refractivity contribution in [2.45, 2.75) is 50.4 Å². The lowest BCUT2D eigenvalue weighted by Gasteiger charge is -2.41. The average molecular weight is 329 g/mol. The van der Waals surface area contributed by atoms with Crippen molar-refractivity contribution in [2.24, 2.45) is 0 Å². The standard InChI is InChI=1S/C19H27N3O2/c23-16-7-11-21(12-8-16)15-5-9-22(10-6-15)19(24)18-17-4-2-1-3-14(17)13-20-18/h1-4,15-16,18,20,23H,5-13H2/t18-/m0/s1. The summed E-state index contributed by atoms with van der Waals surface area (Å²) in [6.07, 6.45) is 3.77. The summed E-state index contributed by atoms with van der Waals surface area (Å²) in [6, 6.07) is 8.64. The molecule has 0 aromatic heterocycles. The number of carbonyl (C=O) groups excluding carboxylic acids is 1. The second-order valence-corrected chi connectivity index (χ2v) is 7.34. The summed E-state index contributed by atoms with van der Waals surface area (Å²) >= 11 is 0. The number of aliphatic hydroxyl groups excluding tert-OH is 1. The Morgan fingerprint density at radius 2 is 1.75 bits per heavy atom. The number of carbonyl (C=O) groups is 1. The number of fused-ring (bicyclic) bond motifs is 1. The van der Waals surface area contributed by atoms with Gasteiger partial charge in [-0.25, -0.2) is 0 Å². The van der Waals surface area contributed by atoms with E-state index in [0.29, 0.717) is 6.04 Å². The summed E-state index contributed by atoms with van der Waals surface area (Å²) in [5, 5.41) is 13.0. The summed E-state index contributed by atoms with van der Waals surface area (Å²) in [7, 11) is 0. The maximum Gasteiger partial charge on any atom is 0.244 e. The van der Waals surface area contributed by atoms with Gasteiger partial charge in [0, 0.05) is 38.8 Å². The first-order chi connectivity index (χ1) is 11.7. The van der Waals surface area contributed by atoms with Gasteiger partial charge in [0.05, 0.1) is 6.10 Å². The van der Waals surface area contributed by atoms with E-state index in [9.17, 15) is 9.90 Å². The molecule has 130 valence electrons. The minimum absolute atomic E-state index is 0.114. The van der Waals surface area contributed by atoms with Crippen LogP contribution in [0.15, 0.2) is 24.3 Å². The third kappa shape index (κ3) is 3.08. The average Bonchev–Trinajstić information content (AvgIpc) is 3.06. The molecule has 0 spiro atoms. The predicted octanol–water partition coefficient (Wildman–Crippen LogP) is 1.28. The van der Waals surface area contributed by atoms with Gasteiger partial charge >= 0.3 is 0 Å². The van der Waals surface area contributed by atoms with Crippen molar-refractivity contribution in [3.63, 3.8) is 0 Å². The minimum Gasteiger partial charge on any atom is -0.393 e. The Kier molecular flexibility index (Phi) is 4.57. The van der Waals surface area contributed by atoms with Gasteiger partial charge in [0.2, 0.25) is 5.91 Å². The molecule has 0 bridgehead atoms. The van der Waals surface area contributed by atoms with Crippen LogP contribution >= 0.6 is 0 Å². The first-order valence-electron chi connectivity index (χ1n) is 9.24. The molecule has 1 aromatic rings. The van der Waals surface area contributed by atoms with Gasteiger partial charge in [0.25, 0.3) is 0 Å². The topological polar surface area (TPSA) is 55.8 Å². The highest BCUT2D eigenvalue weighted by Gasteiger charge is 2.34. The minimum atomic E-state index is -0.164. The van der Waals surface area contributed by atoms with Gasteiger partial charge in [-0.2, -0.15) is 0 Å². The molecule has 0 radical (unpaired) electrons. The molecular weight excluding hydrogens is 302 g/mol. The van der Waals surface area contributed by atoms with Crippen LogP contribution in [-0.4, -0.2) is 59.1 Å². The van der Waals surface area contributed by atoms with Crippen LogP contribution < -0.4 is 5.32 Å². The van der Waals surface area contributed by atoms with Gasteiger partial charge in [0.1, 0.15) is 6.04 Å². The number of likely N-dealkylation sites (tertiary alicyclic amines) is 2. The maximum absolute atomic E-state index is 12.9. The lowest BCUT2D eigenvalue weighted by atomic mass is 9.97. The van der Waals surface area contributed by atoms with Crippen LogP contribution in [-0.2, 0) is 11.3 Å². The highest BCUT2D eigenvalue weighted by atomic mass is 16.3. The molecule has 1 aromatic carbocycles. The summed E-state index contributed by atoms with van der Waals surface area (Å²) < 4.78 is 0. The van der Waals surface area contributed by atoms with Crippen molar-refractivity contribution in [3.05, 3.63) is 35.4 Å². The zero-order chi connectivity index (χ0) is 16.5. The number of rotatable bonds is 2. The maximum atomic E-state index is 12.9. The van der Waals surface area contributed by atoms with Crippen molar-refractivity contribution < 1.29 is 9.90 Å². The quantitative estimate of drug-likeness (QED) is 0.858. The first-order valence-corrected chi connectivity index (χ1v) is 9.24. The number of hydrogen-bond acceptors (Lipinski definition) is 4. The Morgan fingerprint density at radius 3 is 2.50 bits per heavy atom. The van der Waals surface area contributed by atoms with E-state index >= 15 is 0 Å². The highest BCUT2D eigenvalue weighted by molar-refractivity contribution is 5.84. The second kappa shape index (κ2) is 6.82.